The van der Waals surface area contributed by atoms with Gasteiger partial charge in [0.1, 0.15) is 11.9 Å². The summed E-state index contributed by atoms with van der Waals surface area (Å²) in [5.74, 6) is 0.00117. The first kappa shape index (κ1) is 23.3. The number of hydrogen-bond donors (Lipinski definition) is 0. The molecule has 7 nitrogen and oxygen atoms in total. The average Bonchev–Trinajstić information content (AvgIpc) is 3.06. The lowest BCUT2D eigenvalue weighted by atomic mass is 10.0. The Bertz CT molecular complexity index is 1190. The number of carbonyl (C=O) groups is 1. The van der Waals surface area contributed by atoms with Crippen molar-refractivity contribution in [1.29, 1.82) is 0 Å². The van der Waals surface area contributed by atoms with Gasteiger partial charge in [0.25, 0.3) is 0 Å². The van der Waals surface area contributed by atoms with E-state index in [1.54, 1.807) is 24.1 Å². The Hall–Kier alpha value is -2.91. The fraction of sp³-hybridized carbons (Fsp3) is 0.304. The van der Waals surface area contributed by atoms with Crippen LogP contribution in [0.15, 0.2) is 41.8 Å². The summed E-state index contributed by atoms with van der Waals surface area (Å²) in [7, 11) is 1.52. The molecule has 0 unspecified atom stereocenters. The molecule has 0 N–H and O–H groups in total. The predicted octanol–water partition coefficient (Wildman–Crippen LogP) is 5.45. The summed E-state index contributed by atoms with van der Waals surface area (Å²) in [5.41, 5.74) is 3.23. The molecule has 0 spiro atoms. The van der Waals surface area contributed by atoms with Crippen LogP contribution in [0.5, 0.6) is 5.88 Å². The lowest BCUT2D eigenvalue weighted by molar-refractivity contribution is 0.130. The van der Waals surface area contributed by atoms with Gasteiger partial charge >= 0.3 is 6.09 Å². The lowest BCUT2D eigenvalue weighted by Crippen LogP contribution is -2.32. The van der Waals surface area contributed by atoms with Gasteiger partial charge in [0.15, 0.2) is 5.16 Å². The smallest absolute Gasteiger partial charge is 0.411 e. The Labute approximate surface area is 200 Å². The van der Waals surface area contributed by atoms with E-state index in [2.05, 4.69) is 15.0 Å². The first-order valence-corrected chi connectivity index (χ1v) is 11.7. The van der Waals surface area contributed by atoms with Crippen molar-refractivity contribution in [2.45, 2.75) is 37.7 Å². The van der Waals surface area contributed by atoms with Crippen LogP contribution in [0.2, 0.25) is 5.02 Å². The second-order valence-corrected chi connectivity index (χ2v) is 8.87. The highest BCUT2D eigenvalue weighted by Gasteiger charge is 2.40. The molecule has 172 valence electrons. The number of hydrogen-bond acceptors (Lipinski definition) is 7. The zero-order valence-electron chi connectivity index (χ0n) is 18.5. The van der Waals surface area contributed by atoms with Crippen LogP contribution in [0.4, 0.5) is 9.18 Å². The van der Waals surface area contributed by atoms with Crippen molar-refractivity contribution in [1.82, 2.24) is 19.9 Å². The number of aromatic nitrogens is 3. The van der Waals surface area contributed by atoms with Gasteiger partial charge in [0.05, 0.1) is 30.4 Å². The molecule has 0 bridgehead atoms. The van der Waals surface area contributed by atoms with Crippen LogP contribution >= 0.6 is 23.4 Å². The van der Waals surface area contributed by atoms with Crippen molar-refractivity contribution in [2.75, 3.05) is 13.4 Å². The molecule has 2 aromatic heterocycles. The maximum absolute atomic E-state index is 14.0. The number of methoxy groups -OCH3 is 1. The fourth-order valence-electron chi connectivity index (χ4n) is 3.87. The zero-order chi connectivity index (χ0) is 23.7. The molecular formula is C23H22ClFN4O3S. The zero-order valence-corrected chi connectivity index (χ0v) is 20.1. The molecule has 0 radical (unpaired) electrons. The van der Waals surface area contributed by atoms with Crippen LogP contribution in [-0.4, -0.2) is 45.4 Å². The van der Waals surface area contributed by atoms with E-state index in [4.69, 9.17) is 21.1 Å². The van der Waals surface area contributed by atoms with E-state index < -0.39 is 12.2 Å². The van der Waals surface area contributed by atoms with Crippen molar-refractivity contribution in [3.05, 3.63) is 64.3 Å². The Balaban J connectivity index is 1.71. The van der Waals surface area contributed by atoms with Crippen molar-refractivity contribution < 1.29 is 18.7 Å². The van der Waals surface area contributed by atoms with E-state index in [1.165, 1.54) is 37.2 Å². The summed E-state index contributed by atoms with van der Waals surface area (Å²) in [6.45, 7) is 3.83. The molecule has 1 amide bonds. The van der Waals surface area contributed by atoms with Crippen LogP contribution < -0.4 is 4.74 Å². The largest absolute Gasteiger partial charge is 0.481 e. The third-order valence-electron chi connectivity index (χ3n) is 5.43. The third kappa shape index (κ3) is 4.74. The summed E-state index contributed by atoms with van der Waals surface area (Å²) in [6, 6.07) is 6.03. The molecule has 10 heteroatoms. The minimum absolute atomic E-state index is 0.159. The molecule has 1 fully saturated rings. The average molecular weight is 489 g/mol. The van der Waals surface area contributed by atoms with Gasteiger partial charge in [-0.25, -0.2) is 24.1 Å². The van der Waals surface area contributed by atoms with E-state index in [0.29, 0.717) is 38.4 Å². The number of amides is 1. The Kier molecular flexibility index (Phi) is 6.71. The molecule has 0 aliphatic carbocycles. The van der Waals surface area contributed by atoms with Gasteiger partial charge < -0.3 is 9.47 Å². The normalized spacial score (nSPS) is 17.9. The number of benzene rings is 1. The number of cyclic esters (lactones) is 1. The number of halogens is 2. The summed E-state index contributed by atoms with van der Waals surface area (Å²) in [6.07, 6.45) is 3.94. The molecular weight excluding hydrogens is 467 g/mol. The number of rotatable bonds is 6. The standard InChI is InChI=1S/C23H22ClFN4O3S/c1-12-5-14(7-16(25)6-12)20-13(2)29(23(30)32-20)11-19-18(10-27-22(28-19)33-4)17-8-15(24)9-26-21(17)31-3/h5-10,13,20H,11H2,1-4H3/t13-,20-/m0/s1. The third-order valence-corrected chi connectivity index (χ3v) is 6.20. The molecule has 1 aliphatic rings. The number of pyridine rings is 1. The van der Waals surface area contributed by atoms with E-state index >= 15 is 0 Å². The molecule has 3 heterocycles. The highest BCUT2D eigenvalue weighted by Crippen LogP contribution is 2.37. The highest BCUT2D eigenvalue weighted by molar-refractivity contribution is 7.98. The number of carbonyl (C=O) groups excluding carboxylic acids is 1. The topological polar surface area (TPSA) is 77.4 Å². The second kappa shape index (κ2) is 9.52. The number of thioether (sulfide) groups is 1. The van der Waals surface area contributed by atoms with Crippen molar-refractivity contribution in [3.8, 4) is 17.0 Å². The van der Waals surface area contributed by atoms with Crippen LogP contribution in [-0.2, 0) is 11.3 Å². The molecule has 3 aromatic rings. The van der Waals surface area contributed by atoms with Crippen LogP contribution in [0.3, 0.4) is 0 Å². The maximum atomic E-state index is 14.0. The molecule has 1 aromatic carbocycles. The minimum Gasteiger partial charge on any atom is -0.481 e. The SMILES string of the molecule is COc1ncc(Cl)cc1-c1cnc(SC)nc1CN1C(=O)O[C@H](c2cc(C)cc(F)c2)[C@@H]1C. The van der Waals surface area contributed by atoms with E-state index in [1.807, 2.05) is 19.2 Å². The van der Waals surface area contributed by atoms with Gasteiger partial charge in [-0.3, -0.25) is 4.90 Å². The maximum Gasteiger partial charge on any atom is 0.411 e. The summed E-state index contributed by atoms with van der Waals surface area (Å²) in [4.78, 5) is 27.7. The Morgan fingerprint density at radius 2 is 2.00 bits per heavy atom. The first-order valence-electron chi connectivity index (χ1n) is 10.1. The van der Waals surface area contributed by atoms with Gasteiger partial charge in [-0.05, 0) is 49.4 Å². The highest BCUT2D eigenvalue weighted by atomic mass is 35.5. The lowest BCUT2D eigenvalue weighted by Gasteiger charge is -2.22. The van der Waals surface area contributed by atoms with E-state index in [0.717, 1.165) is 5.56 Å². The molecule has 1 saturated heterocycles. The molecule has 33 heavy (non-hydrogen) atoms. The summed E-state index contributed by atoms with van der Waals surface area (Å²) in [5, 5.41) is 0.987. The van der Waals surface area contributed by atoms with Crippen LogP contribution in [0.1, 0.15) is 29.8 Å². The Morgan fingerprint density at radius 3 is 2.70 bits per heavy atom. The predicted molar refractivity (Wildman–Crippen MR) is 124 cm³/mol. The van der Waals surface area contributed by atoms with E-state index in [9.17, 15) is 9.18 Å². The number of aryl methyl sites for hydroxylation is 1. The summed E-state index contributed by atoms with van der Waals surface area (Å²) >= 11 is 7.57. The molecule has 0 saturated carbocycles. The molecule has 1 aliphatic heterocycles. The van der Waals surface area contributed by atoms with Gasteiger partial charge in [-0.1, -0.05) is 29.4 Å². The van der Waals surface area contributed by atoms with Gasteiger partial charge in [-0.15, -0.1) is 0 Å². The Morgan fingerprint density at radius 1 is 1.21 bits per heavy atom. The summed E-state index contributed by atoms with van der Waals surface area (Å²) < 4.78 is 25.0. The minimum atomic E-state index is -0.598. The van der Waals surface area contributed by atoms with Crippen molar-refractivity contribution in [2.24, 2.45) is 0 Å². The van der Waals surface area contributed by atoms with Gasteiger partial charge in [0, 0.05) is 23.5 Å². The molecule has 2 atom stereocenters. The fourth-order valence-corrected chi connectivity index (χ4v) is 4.39. The van der Waals surface area contributed by atoms with Gasteiger partial charge in [-0.2, -0.15) is 0 Å². The van der Waals surface area contributed by atoms with E-state index in [-0.39, 0.29) is 18.4 Å². The number of ether oxygens (including phenoxy) is 2. The van der Waals surface area contributed by atoms with Crippen LogP contribution in [0, 0.1) is 12.7 Å². The van der Waals surface area contributed by atoms with Gasteiger partial charge in [0.2, 0.25) is 5.88 Å². The van der Waals surface area contributed by atoms with Crippen LogP contribution in [0.25, 0.3) is 11.1 Å². The first-order chi connectivity index (χ1) is 15.8. The second-order valence-electron chi connectivity index (χ2n) is 7.66. The number of nitrogens with zero attached hydrogens (tertiary/aromatic N) is 4. The van der Waals surface area contributed by atoms with Crippen molar-refractivity contribution in [3.63, 3.8) is 0 Å². The monoisotopic (exact) mass is 488 g/mol. The molecule has 4 rings (SSSR count). The van der Waals surface area contributed by atoms with Crippen molar-refractivity contribution >= 4 is 29.5 Å². The quantitative estimate of drug-likeness (QED) is 0.337.